The van der Waals surface area contributed by atoms with Crippen molar-refractivity contribution in [1.29, 1.82) is 0 Å². The van der Waals surface area contributed by atoms with E-state index in [1.165, 1.54) is 11.8 Å². The number of carbonyl (C=O) groups excluding carboxylic acids is 2. The predicted molar refractivity (Wildman–Crippen MR) is 69.4 cm³/mol. The van der Waals surface area contributed by atoms with Gasteiger partial charge in [-0.05, 0) is 24.7 Å². The summed E-state index contributed by atoms with van der Waals surface area (Å²) in [6.45, 7) is 0. The van der Waals surface area contributed by atoms with Crippen LogP contribution in [0, 0.1) is 23.7 Å². The Balaban J connectivity index is 1.73. The van der Waals surface area contributed by atoms with Gasteiger partial charge in [0, 0.05) is 5.75 Å². The van der Waals surface area contributed by atoms with Gasteiger partial charge in [-0.2, -0.15) is 0 Å². The molecule has 0 aromatic carbocycles. The van der Waals surface area contributed by atoms with Crippen LogP contribution in [0.1, 0.15) is 12.8 Å². The molecule has 1 aliphatic heterocycles. The Morgan fingerprint density at radius 3 is 2.53 bits per heavy atom. The summed E-state index contributed by atoms with van der Waals surface area (Å²) in [4.78, 5) is 35.1. The first-order chi connectivity index (χ1) is 9.08. The minimum Gasteiger partial charge on any atom is -0.481 e. The van der Waals surface area contributed by atoms with Crippen LogP contribution in [0.3, 0.4) is 0 Å². The van der Waals surface area contributed by atoms with Crippen LogP contribution in [0.2, 0.25) is 0 Å². The highest BCUT2D eigenvalue weighted by Crippen LogP contribution is 2.48. The van der Waals surface area contributed by atoms with Crippen LogP contribution in [-0.2, 0) is 14.4 Å². The maximum atomic E-state index is 12.3. The van der Waals surface area contributed by atoms with Crippen molar-refractivity contribution in [2.75, 3.05) is 5.75 Å². The zero-order valence-corrected chi connectivity index (χ0v) is 11.1. The molecule has 3 aliphatic rings. The van der Waals surface area contributed by atoms with Crippen LogP contribution in [0.4, 0.5) is 0 Å². The average Bonchev–Trinajstić information content (AvgIpc) is 3.04. The number of hydrogen-bond donors (Lipinski definition) is 2. The Bertz CT molecular complexity index is 475. The molecule has 1 saturated heterocycles. The molecule has 19 heavy (non-hydrogen) atoms. The maximum absolute atomic E-state index is 12.3. The number of aliphatic carboxylic acids is 1. The first kappa shape index (κ1) is 12.7. The fourth-order valence-corrected chi connectivity index (χ4v) is 4.34. The van der Waals surface area contributed by atoms with Gasteiger partial charge in [-0.15, -0.1) is 0 Å². The summed E-state index contributed by atoms with van der Waals surface area (Å²) in [6, 6.07) is -0.435. The molecule has 6 heteroatoms. The number of rotatable bonds is 3. The van der Waals surface area contributed by atoms with Crippen molar-refractivity contribution < 1.29 is 19.5 Å². The van der Waals surface area contributed by atoms with Crippen molar-refractivity contribution in [3.8, 4) is 0 Å². The van der Waals surface area contributed by atoms with E-state index in [-0.39, 0.29) is 22.9 Å². The molecular weight excluding hydrogens is 266 g/mol. The van der Waals surface area contributed by atoms with Gasteiger partial charge in [-0.25, -0.2) is 0 Å². The molecule has 1 saturated carbocycles. The average molecular weight is 281 g/mol. The van der Waals surface area contributed by atoms with Crippen LogP contribution >= 0.6 is 11.8 Å². The van der Waals surface area contributed by atoms with Gasteiger partial charge in [0.2, 0.25) is 11.0 Å². The number of thioether (sulfide) groups is 1. The first-order valence-corrected chi connectivity index (χ1v) is 7.44. The fourth-order valence-electron chi connectivity index (χ4n) is 3.41. The number of allylic oxidation sites excluding steroid dienone is 2. The quantitative estimate of drug-likeness (QED) is 0.742. The highest BCUT2D eigenvalue weighted by Gasteiger charge is 2.52. The molecule has 0 aromatic rings. The molecule has 1 heterocycles. The van der Waals surface area contributed by atoms with Crippen molar-refractivity contribution in [2.24, 2.45) is 23.7 Å². The molecule has 1 amide bonds. The Hall–Kier alpha value is -1.30. The molecule has 2 aliphatic carbocycles. The number of fused-ring (bicyclic) bond motifs is 2. The second kappa shape index (κ2) is 4.67. The number of nitrogens with one attached hydrogen (secondary N) is 1. The van der Waals surface area contributed by atoms with E-state index in [0.717, 1.165) is 12.2 Å². The molecule has 0 aromatic heterocycles. The zero-order chi connectivity index (χ0) is 13.6. The molecule has 2 fully saturated rings. The summed E-state index contributed by atoms with van der Waals surface area (Å²) in [5, 5.41) is 12.0. The van der Waals surface area contributed by atoms with E-state index in [0.29, 0.717) is 6.42 Å². The van der Waals surface area contributed by atoms with Crippen LogP contribution < -0.4 is 5.32 Å². The van der Waals surface area contributed by atoms with Gasteiger partial charge >= 0.3 is 5.97 Å². The van der Waals surface area contributed by atoms with Crippen molar-refractivity contribution in [2.45, 2.75) is 18.9 Å². The summed E-state index contributed by atoms with van der Waals surface area (Å²) in [5.41, 5.74) is 0. The Morgan fingerprint density at radius 1 is 1.26 bits per heavy atom. The van der Waals surface area contributed by atoms with E-state index in [9.17, 15) is 19.5 Å². The van der Waals surface area contributed by atoms with E-state index < -0.39 is 23.8 Å². The maximum Gasteiger partial charge on any atom is 0.307 e. The standard InChI is InChI=1S/C13H15NO4S/c15-11(14-8-3-4-19-13(8)18)9-6-1-2-7(5-6)10(9)12(16)17/h1-2,6-10H,3-5H2,(H,14,15)(H,16,17)/t6-,7-,8-,9-,10+/m0/s1. The summed E-state index contributed by atoms with van der Waals surface area (Å²) in [7, 11) is 0. The second-order valence-electron chi connectivity index (χ2n) is 5.36. The third-order valence-electron chi connectivity index (χ3n) is 4.30. The molecule has 5 nitrogen and oxygen atoms in total. The number of amides is 1. The lowest BCUT2D eigenvalue weighted by Crippen LogP contribution is -2.45. The number of carboxylic acid groups (broad SMARTS) is 1. The van der Waals surface area contributed by atoms with Crippen molar-refractivity contribution in [3.63, 3.8) is 0 Å². The van der Waals surface area contributed by atoms with E-state index in [1.807, 2.05) is 12.2 Å². The molecule has 5 atom stereocenters. The Kier molecular flexibility index (Phi) is 3.12. The summed E-state index contributed by atoms with van der Waals surface area (Å²) in [5.74, 6) is -1.65. The van der Waals surface area contributed by atoms with E-state index in [1.54, 1.807) is 0 Å². The van der Waals surface area contributed by atoms with Crippen molar-refractivity contribution >= 4 is 28.8 Å². The SMILES string of the molecule is O=C(N[C@H]1CCSC1=O)[C@@H]1[C@H](C(=O)O)[C@H]2C=C[C@H]1C2. The topological polar surface area (TPSA) is 83.5 Å². The van der Waals surface area contributed by atoms with Gasteiger partial charge in [0.1, 0.15) is 0 Å². The summed E-state index contributed by atoms with van der Waals surface area (Å²) in [6.07, 6.45) is 5.23. The van der Waals surface area contributed by atoms with E-state index in [4.69, 9.17) is 0 Å². The van der Waals surface area contributed by atoms with Crippen LogP contribution in [-0.4, -0.2) is 33.9 Å². The molecule has 2 N–H and O–H groups in total. The van der Waals surface area contributed by atoms with Crippen LogP contribution in [0.5, 0.6) is 0 Å². The monoisotopic (exact) mass is 281 g/mol. The minimum absolute atomic E-state index is 0.00950. The Labute approximate surface area is 114 Å². The third kappa shape index (κ3) is 2.08. The summed E-state index contributed by atoms with van der Waals surface area (Å²) >= 11 is 1.23. The van der Waals surface area contributed by atoms with Gasteiger partial charge in [0.15, 0.2) is 0 Å². The largest absolute Gasteiger partial charge is 0.481 e. The van der Waals surface area contributed by atoms with Crippen molar-refractivity contribution in [3.05, 3.63) is 12.2 Å². The van der Waals surface area contributed by atoms with Crippen LogP contribution in [0.15, 0.2) is 12.2 Å². The first-order valence-electron chi connectivity index (χ1n) is 6.46. The molecule has 0 unspecified atom stereocenters. The predicted octanol–water partition coefficient (Wildman–Crippen LogP) is 0.658. The highest BCUT2D eigenvalue weighted by molar-refractivity contribution is 8.14. The number of carboxylic acids is 1. The van der Waals surface area contributed by atoms with E-state index in [2.05, 4.69) is 5.32 Å². The normalized spacial score (nSPS) is 39.8. The molecule has 0 spiro atoms. The van der Waals surface area contributed by atoms with Gasteiger partial charge in [-0.3, -0.25) is 14.4 Å². The fraction of sp³-hybridized carbons (Fsp3) is 0.615. The van der Waals surface area contributed by atoms with E-state index >= 15 is 0 Å². The Morgan fingerprint density at radius 2 is 1.95 bits per heavy atom. The van der Waals surface area contributed by atoms with Gasteiger partial charge in [-0.1, -0.05) is 23.9 Å². The smallest absolute Gasteiger partial charge is 0.307 e. The lowest BCUT2D eigenvalue weighted by Gasteiger charge is -2.25. The van der Waals surface area contributed by atoms with Gasteiger partial charge in [0.25, 0.3) is 0 Å². The highest BCUT2D eigenvalue weighted by atomic mass is 32.2. The van der Waals surface area contributed by atoms with Crippen LogP contribution in [0.25, 0.3) is 0 Å². The lowest BCUT2D eigenvalue weighted by atomic mass is 9.82. The van der Waals surface area contributed by atoms with Gasteiger partial charge < -0.3 is 10.4 Å². The molecular formula is C13H15NO4S. The molecule has 2 bridgehead atoms. The molecule has 0 radical (unpaired) electrons. The van der Waals surface area contributed by atoms with Gasteiger partial charge in [0.05, 0.1) is 17.9 Å². The molecule has 3 rings (SSSR count). The summed E-state index contributed by atoms with van der Waals surface area (Å²) < 4.78 is 0. The third-order valence-corrected chi connectivity index (χ3v) is 5.31. The second-order valence-corrected chi connectivity index (χ2v) is 6.45. The molecule has 102 valence electrons. The lowest BCUT2D eigenvalue weighted by molar-refractivity contribution is -0.148. The number of hydrogen-bond acceptors (Lipinski definition) is 4. The minimum atomic E-state index is -0.913. The van der Waals surface area contributed by atoms with Crippen molar-refractivity contribution in [1.82, 2.24) is 5.32 Å². The zero-order valence-electron chi connectivity index (χ0n) is 10.2. The number of carbonyl (C=O) groups is 3.